The number of allylic oxidation sites excluding steroid dienone is 2. The molecule has 2 rings (SSSR count). The van der Waals surface area contributed by atoms with Crippen molar-refractivity contribution < 1.29 is 0 Å². The average molecular weight is 204 g/mol. The van der Waals surface area contributed by atoms with Crippen molar-refractivity contribution in [3.8, 4) is 0 Å². The Morgan fingerprint density at radius 2 is 2.27 bits per heavy atom. The Balaban J connectivity index is 2.29. The zero-order chi connectivity index (χ0) is 10.8. The summed E-state index contributed by atoms with van der Waals surface area (Å²) >= 11 is 0. The molecule has 0 radical (unpaired) electrons. The summed E-state index contributed by atoms with van der Waals surface area (Å²) in [6, 6.07) is 0.526. The van der Waals surface area contributed by atoms with Gasteiger partial charge < -0.3 is 10.6 Å². The molecule has 15 heavy (non-hydrogen) atoms. The molecule has 0 aromatic rings. The molecule has 2 N–H and O–H groups in total. The highest BCUT2D eigenvalue weighted by Gasteiger charge is 2.23. The summed E-state index contributed by atoms with van der Waals surface area (Å²) < 4.78 is 0. The first-order valence-electron chi connectivity index (χ1n) is 5.78. The third-order valence-corrected chi connectivity index (χ3v) is 3.45. The van der Waals surface area contributed by atoms with E-state index in [-0.39, 0.29) is 0 Å². The SMILES string of the molecule is C=C1/C(N)=C(\C)C/C=C\C2CCCCN12. The van der Waals surface area contributed by atoms with Gasteiger partial charge in [-0.25, -0.2) is 0 Å². The number of piperidine rings is 1. The van der Waals surface area contributed by atoms with Gasteiger partial charge in [-0.2, -0.15) is 0 Å². The summed E-state index contributed by atoms with van der Waals surface area (Å²) in [5.41, 5.74) is 9.26. The Labute approximate surface area is 92.1 Å². The van der Waals surface area contributed by atoms with E-state index in [2.05, 4.69) is 30.6 Å². The molecule has 1 unspecified atom stereocenters. The third kappa shape index (κ3) is 1.94. The van der Waals surface area contributed by atoms with E-state index in [4.69, 9.17) is 5.73 Å². The van der Waals surface area contributed by atoms with Crippen LogP contribution < -0.4 is 5.73 Å². The number of fused-ring (bicyclic) bond motifs is 1. The minimum absolute atomic E-state index is 0.526. The Bertz CT molecular complexity index is 325. The van der Waals surface area contributed by atoms with Gasteiger partial charge >= 0.3 is 0 Å². The minimum Gasteiger partial charge on any atom is -0.397 e. The Morgan fingerprint density at radius 1 is 1.47 bits per heavy atom. The molecule has 0 saturated carbocycles. The second-order valence-electron chi connectivity index (χ2n) is 4.53. The third-order valence-electron chi connectivity index (χ3n) is 3.45. The zero-order valence-electron chi connectivity index (χ0n) is 9.50. The molecule has 1 fully saturated rings. The van der Waals surface area contributed by atoms with Crippen molar-refractivity contribution in [1.29, 1.82) is 0 Å². The average Bonchev–Trinajstić information content (AvgIpc) is 2.26. The molecule has 2 aliphatic heterocycles. The fourth-order valence-corrected chi connectivity index (χ4v) is 2.41. The van der Waals surface area contributed by atoms with Crippen LogP contribution in [0.4, 0.5) is 0 Å². The second-order valence-corrected chi connectivity index (χ2v) is 4.53. The topological polar surface area (TPSA) is 29.3 Å². The molecule has 0 bridgehead atoms. The van der Waals surface area contributed by atoms with Gasteiger partial charge in [0.05, 0.1) is 11.4 Å². The van der Waals surface area contributed by atoms with Gasteiger partial charge in [-0.05, 0) is 38.2 Å². The van der Waals surface area contributed by atoms with E-state index < -0.39 is 0 Å². The van der Waals surface area contributed by atoms with Crippen molar-refractivity contribution in [3.05, 3.63) is 35.7 Å². The van der Waals surface area contributed by atoms with Crippen LogP contribution in [0.5, 0.6) is 0 Å². The highest BCUT2D eigenvalue weighted by molar-refractivity contribution is 5.32. The molecule has 0 amide bonds. The van der Waals surface area contributed by atoms with Crippen molar-refractivity contribution in [2.75, 3.05) is 6.54 Å². The van der Waals surface area contributed by atoms with Crippen LogP contribution in [-0.4, -0.2) is 17.5 Å². The lowest BCUT2D eigenvalue weighted by atomic mass is 9.97. The fraction of sp³-hybridized carbons (Fsp3) is 0.538. The van der Waals surface area contributed by atoms with E-state index in [1.807, 2.05) is 0 Å². The number of rotatable bonds is 0. The Kier molecular flexibility index (Phi) is 2.85. The van der Waals surface area contributed by atoms with Crippen molar-refractivity contribution in [3.63, 3.8) is 0 Å². The Morgan fingerprint density at radius 3 is 3.07 bits per heavy atom. The normalized spacial score (nSPS) is 34.3. The first-order valence-corrected chi connectivity index (χ1v) is 5.78. The molecule has 1 atom stereocenters. The summed E-state index contributed by atoms with van der Waals surface area (Å²) in [5, 5.41) is 0. The smallest absolute Gasteiger partial charge is 0.0538 e. The Hall–Kier alpha value is -1.18. The zero-order valence-corrected chi connectivity index (χ0v) is 9.50. The lowest BCUT2D eigenvalue weighted by Crippen LogP contribution is -2.39. The molecule has 82 valence electrons. The van der Waals surface area contributed by atoms with E-state index in [1.54, 1.807) is 0 Å². The number of nitrogens with zero attached hydrogens (tertiary/aromatic N) is 1. The van der Waals surface area contributed by atoms with E-state index >= 15 is 0 Å². The first-order chi connectivity index (χ1) is 7.20. The standard InChI is InChI=1S/C13H20N2/c1-10-6-5-8-12-7-3-4-9-15(12)11(2)13(10)14/h5,8,12H,2-4,6-7,9,14H2,1H3/b8-5-,13-10-. The minimum atomic E-state index is 0.526. The second kappa shape index (κ2) is 4.13. The summed E-state index contributed by atoms with van der Waals surface area (Å²) in [4.78, 5) is 2.36. The van der Waals surface area contributed by atoms with Gasteiger partial charge in [0.1, 0.15) is 0 Å². The highest BCUT2D eigenvalue weighted by atomic mass is 15.2. The van der Waals surface area contributed by atoms with Gasteiger partial charge in [-0.3, -0.25) is 0 Å². The molecule has 2 heteroatoms. The van der Waals surface area contributed by atoms with E-state index in [9.17, 15) is 0 Å². The fourth-order valence-electron chi connectivity index (χ4n) is 2.41. The molecule has 0 aliphatic carbocycles. The molecule has 0 aromatic heterocycles. The van der Waals surface area contributed by atoms with Gasteiger partial charge in [-0.15, -0.1) is 0 Å². The van der Waals surface area contributed by atoms with Gasteiger partial charge in [-0.1, -0.05) is 18.7 Å². The lowest BCUT2D eigenvalue weighted by Gasteiger charge is -2.38. The highest BCUT2D eigenvalue weighted by Crippen LogP contribution is 2.27. The van der Waals surface area contributed by atoms with Crippen LogP contribution in [0.3, 0.4) is 0 Å². The first kappa shape index (κ1) is 10.3. The van der Waals surface area contributed by atoms with Gasteiger partial charge in [0.25, 0.3) is 0 Å². The summed E-state index contributed by atoms with van der Waals surface area (Å²) in [6.07, 6.45) is 9.35. The molecular weight excluding hydrogens is 184 g/mol. The maximum atomic E-state index is 6.10. The predicted octanol–water partition coefficient (Wildman–Crippen LogP) is 2.55. The van der Waals surface area contributed by atoms with Crippen LogP contribution in [0.25, 0.3) is 0 Å². The van der Waals surface area contributed by atoms with Gasteiger partial charge in [0.15, 0.2) is 0 Å². The molecule has 2 nitrogen and oxygen atoms in total. The molecule has 1 saturated heterocycles. The summed E-state index contributed by atoms with van der Waals surface area (Å²) in [6.45, 7) is 7.33. The van der Waals surface area contributed by atoms with Crippen LogP contribution in [0.2, 0.25) is 0 Å². The van der Waals surface area contributed by atoms with Crippen LogP contribution >= 0.6 is 0 Å². The van der Waals surface area contributed by atoms with Crippen molar-refractivity contribution in [1.82, 2.24) is 4.90 Å². The van der Waals surface area contributed by atoms with Crippen LogP contribution in [0.1, 0.15) is 32.6 Å². The quantitative estimate of drug-likeness (QED) is 0.614. The van der Waals surface area contributed by atoms with Crippen LogP contribution in [0, 0.1) is 0 Å². The van der Waals surface area contributed by atoms with Gasteiger partial charge in [0.2, 0.25) is 0 Å². The largest absolute Gasteiger partial charge is 0.397 e. The number of hydrogen-bond donors (Lipinski definition) is 1. The van der Waals surface area contributed by atoms with Crippen LogP contribution in [-0.2, 0) is 0 Å². The molecule has 2 heterocycles. The van der Waals surface area contributed by atoms with Crippen molar-refractivity contribution in [2.45, 2.75) is 38.6 Å². The molecule has 0 aromatic carbocycles. The summed E-state index contributed by atoms with van der Waals surface area (Å²) in [5.74, 6) is 0. The molecular formula is C13H20N2. The number of nitrogens with two attached hydrogens (primary N) is 1. The molecule has 2 aliphatic rings. The van der Waals surface area contributed by atoms with Crippen LogP contribution in [0.15, 0.2) is 35.7 Å². The maximum Gasteiger partial charge on any atom is 0.0538 e. The van der Waals surface area contributed by atoms with Gasteiger partial charge in [0, 0.05) is 12.6 Å². The lowest BCUT2D eigenvalue weighted by molar-refractivity contribution is 0.233. The maximum absolute atomic E-state index is 6.10. The monoisotopic (exact) mass is 204 g/mol. The van der Waals surface area contributed by atoms with E-state index in [1.165, 1.54) is 24.8 Å². The van der Waals surface area contributed by atoms with E-state index in [0.29, 0.717) is 6.04 Å². The van der Waals surface area contributed by atoms with Crippen molar-refractivity contribution >= 4 is 0 Å². The predicted molar refractivity (Wildman–Crippen MR) is 64.1 cm³/mol. The van der Waals surface area contributed by atoms with Crippen molar-refractivity contribution in [2.24, 2.45) is 5.73 Å². The summed E-state index contributed by atoms with van der Waals surface area (Å²) in [7, 11) is 0. The molecule has 0 spiro atoms. The van der Waals surface area contributed by atoms with E-state index in [0.717, 1.165) is 24.4 Å². The number of hydrogen-bond acceptors (Lipinski definition) is 2.